The van der Waals surface area contributed by atoms with E-state index in [-0.39, 0.29) is 11.6 Å². The van der Waals surface area contributed by atoms with Crippen LogP contribution < -0.4 is 10.1 Å². The van der Waals surface area contributed by atoms with Crippen LogP contribution in [0.2, 0.25) is 0 Å². The zero-order chi connectivity index (χ0) is 25.3. The molecule has 5 rings (SSSR count). The van der Waals surface area contributed by atoms with Gasteiger partial charge >= 0.3 is 6.18 Å². The Balaban J connectivity index is 1.28. The summed E-state index contributed by atoms with van der Waals surface area (Å²) in [6, 6.07) is 8.09. The zero-order valence-electron chi connectivity index (χ0n) is 19.4. The van der Waals surface area contributed by atoms with Crippen molar-refractivity contribution < 1.29 is 22.3 Å². The fraction of sp³-hybridized carbons (Fsp3) is 0.269. The lowest BCUT2D eigenvalue weighted by atomic mass is 9.93. The minimum atomic E-state index is -4.54. The first-order chi connectivity index (χ1) is 17.3. The second-order valence-corrected chi connectivity index (χ2v) is 8.58. The average Bonchev–Trinajstić information content (AvgIpc) is 3.28. The second kappa shape index (κ2) is 9.69. The van der Waals surface area contributed by atoms with Crippen LogP contribution in [-0.2, 0) is 19.0 Å². The molecule has 0 saturated heterocycles. The van der Waals surface area contributed by atoms with Gasteiger partial charge in [-0.1, -0.05) is 12.2 Å². The Bertz CT molecular complexity index is 1430. The lowest BCUT2D eigenvalue weighted by Crippen LogP contribution is -2.34. The predicted molar refractivity (Wildman–Crippen MR) is 127 cm³/mol. The highest BCUT2D eigenvalue weighted by Crippen LogP contribution is 2.33. The van der Waals surface area contributed by atoms with Crippen LogP contribution in [-0.4, -0.2) is 39.4 Å². The van der Waals surface area contributed by atoms with Crippen LogP contribution in [0, 0.1) is 5.82 Å². The van der Waals surface area contributed by atoms with Crippen molar-refractivity contribution in [1.82, 2.24) is 25.1 Å². The van der Waals surface area contributed by atoms with E-state index in [2.05, 4.69) is 15.3 Å². The van der Waals surface area contributed by atoms with Gasteiger partial charge in [-0.3, -0.25) is 4.98 Å². The van der Waals surface area contributed by atoms with E-state index in [1.807, 2.05) is 23.0 Å². The Morgan fingerprint density at radius 1 is 1.19 bits per heavy atom. The van der Waals surface area contributed by atoms with E-state index in [1.165, 1.54) is 6.08 Å². The first-order valence-electron chi connectivity index (χ1n) is 11.5. The van der Waals surface area contributed by atoms with Gasteiger partial charge in [0, 0.05) is 31.0 Å². The van der Waals surface area contributed by atoms with Crippen molar-refractivity contribution in [3.8, 4) is 11.6 Å². The van der Waals surface area contributed by atoms with Crippen LogP contribution in [0.1, 0.15) is 28.8 Å². The Labute approximate surface area is 204 Å². The average molecular weight is 497 g/mol. The Morgan fingerprint density at radius 3 is 2.86 bits per heavy atom. The lowest BCUT2D eigenvalue weighted by molar-refractivity contribution is -0.137. The summed E-state index contributed by atoms with van der Waals surface area (Å²) >= 11 is 0. The van der Waals surface area contributed by atoms with Gasteiger partial charge in [-0.15, -0.1) is 0 Å². The highest BCUT2D eigenvalue weighted by atomic mass is 19.4. The van der Waals surface area contributed by atoms with Crippen molar-refractivity contribution in [2.75, 3.05) is 13.7 Å². The molecule has 0 aliphatic heterocycles. The molecule has 6 nitrogen and oxygen atoms in total. The van der Waals surface area contributed by atoms with Gasteiger partial charge in [0.25, 0.3) is 0 Å². The quantitative estimate of drug-likeness (QED) is 0.374. The van der Waals surface area contributed by atoms with E-state index in [1.54, 1.807) is 25.4 Å². The van der Waals surface area contributed by atoms with E-state index in [0.29, 0.717) is 17.9 Å². The molecule has 1 N–H and O–H groups in total. The standard InChI is InChI=1S/C26H23F4N5O/c1-36-24-9-8-22-25(33-24)23(10-12-32-22)35-15-17-14-19(5-7-21(17)34-35)31-11-2-3-16-13-18(27)4-6-20(16)26(28,29)30/h2-4,6,8-10,12-13,15,19,31H,5,7,11,14H2,1H3. The van der Waals surface area contributed by atoms with Gasteiger partial charge in [0.1, 0.15) is 11.3 Å². The van der Waals surface area contributed by atoms with Crippen LogP contribution in [0.4, 0.5) is 17.6 Å². The smallest absolute Gasteiger partial charge is 0.416 e. The number of hydrogen-bond acceptors (Lipinski definition) is 5. The number of aromatic nitrogens is 4. The molecule has 10 heteroatoms. The molecule has 1 unspecified atom stereocenters. The number of pyridine rings is 2. The molecule has 36 heavy (non-hydrogen) atoms. The summed E-state index contributed by atoms with van der Waals surface area (Å²) in [6.45, 7) is 0.362. The summed E-state index contributed by atoms with van der Waals surface area (Å²) in [5.74, 6) is -0.213. The van der Waals surface area contributed by atoms with Crippen LogP contribution >= 0.6 is 0 Å². The highest BCUT2D eigenvalue weighted by Gasteiger charge is 2.32. The number of methoxy groups -OCH3 is 1. The minimum absolute atomic E-state index is 0.141. The highest BCUT2D eigenvalue weighted by molar-refractivity contribution is 5.83. The lowest BCUT2D eigenvalue weighted by Gasteiger charge is -2.21. The van der Waals surface area contributed by atoms with Crippen molar-refractivity contribution in [3.63, 3.8) is 0 Å². The molecule has 1 aliphatic carbocycles. The summed E-state index contributed by atoms with van der Waals surface area (Å²) in [5.41, 5.74) is 3.28. The number of nitrogens with one attached hydrogen (secondary N) is 1. The van der Waals surface area contributed by atoms with Gasteiger partial charge in [0.2, 0.25) is 5.88 Å². The molecule has 1 aliphatic rings. The van der Waals surface area contributed by atoms with Crippen LogP contribution in [0.3, 0.4) is 0 Å². The van der Waals surface area contributed by atoms with Gasteiger partial charge < -0.3 is 10.1 Å². The second-order valence-electron chi connectivity index (χ2n) is 8.58. The Hall–Kier alpha value is -3.79. The summed E-state index contributed by atoms with van der Waals surface area (Å²) in [6.07, 6.45) is 4.40. The van der Waals surface area contributed by atoms with E-state index in [9.17, 15) is 17.6 Å². The van der Waals surface area contributed by atoms with Crippen LogP contribution in [0.25, 0.3) is 22.8 Å². The molecule has 0 amide bonds. The number of aryl methyl sites for hydroxylation is 1. The molecule has 186 valence electrons. The minimum Gasteiger partial charge on any atom is -0.481 e. The summed E-state index contributed by atoms with van der Waals surface area (Å²) < 4.78 is 60.1. The summed E-state index contributed by atoms with van der Waals surface area (Å²) in [7, 11) is 1.56. The molecule has 4 aromatic rings. The topological polar surface area (TPSA) is 64.9 Å². The maximum Gasteiger partial charge on any atom is 0.416 e. The molecule has 0 fully saturated rings. The normalized spacial score (nSPS) is 16.0. The number of alkyl halides is 3. The van der Waals surface area contributed by atoms with E-state index in [0.717, 1.165) is 59.9 Å². The largest absolute Gasteiger partial charge is 0.481 e. The van der Waals surface area contributed by atoms with Crippen molar-refractivity contribution in [1.29, 1.82) is 0 Å². The first-order valence-corrected chi connectivity index (χ1v) is 11.5. The number of hydrogen-bond donors (Lipinski definition) is 1. The molecule has 0 saturated carbocycles. The van der Waals surface area contributed by atoms with E-state index < -0.39 is 17.6 Å². The molecule has 1 atom stereocenters. The molecular weight excluding hydrogens is 474 g/mol. The summed E-state index contributed by atoms with van der Waals surface area (Å²) in [4.78, 5) is 8.90. The third-order valence-electron chi connectivity index (χ3n) is 6.21. The zero-order valence-corrected chi connectivity index (χ0v) is 19.4. The number of ether oxygens (including phenoxy) is 1. The maximum atomic E-state index is 13.5. The monoisotopic (exact) mass is 497 g/mol. The van der Waals surface area contributed by atoms with Crippen molar-refractivity contribution in [2.45, 2.75) is 31.5 Å². The number of halogens is 4. The molecule has 3 aromatic heterocycles. The van der Waals surface area contributed by atoms with Crippen molar-refractivity contribution in [3.05, 3.63) is 83.1 Å². The van der Waals surface area contributed by atoms with Crippen molar-refractivity contribution >= 4 is 17.1 Å². The SMILES string of the molecule is COc1ccc2nccc(-n3cc4c(n3)CCC(NCC=Cc3cc(F)ccc3C(F)(F)F)C4)c2n1. The maximum absolute atomic E-state index is 13.5. The first kappa shape index (κ1) is 23.9. The third kappa shape index (κ3) is 4.94. The van der Waals surface area contributed by atoms with Gasteiger partial charge in [0.15, 0.2) is 0 Å². The Kier molecular flexibility index (Phi) is 6.44. The van der Waals surface area contributed by atoms with E-state index in [4.69, 9.17) is 9.84 Å². The molecule has 0 spiro atoms. The molecule has 0 radical (unpaired) electrons. The predicted octanol–water partition coefficient (Wildman–Crippen LogP) is 5.14. The molecule has 1 aromatic carbocycles. The molecule has 3 heterocycles. The fourth-order valence-corrected chi connectivity index (χ4v) is 4.44. The van der Waals surface area contributed by atoms with Gasteiger partial charge in [-0.25, -0.2) is 14.1 Å². The number of fused-ring (bicyclic) bond motifs is 2. The number of benzene rings is 1. The van der Waals surface area contributed by atoms with Crippen LogP contribution in [0.5, 0.6) is 5.88 Å². The van der Waals surface area contributed by atoms with Crippen molar-refractivity contribution in [2.24, 2.45) is 0 Å². The Morgan fingerprint density at radius 2 is 2.06 bits per heavy atom. The molecular formula is C26H23F4N5O. The summed E-state index contributed by atoms with van der Waals surface area (Å²) in [5, 5.41) is 8.12. The van der Waals surface area contributed by atoms with Crippen LogP contribution in [0.15, 0.2) is 54.9 Å². The number of nitrogens with zero attached hydrogens (tertiary/aromatic N) is 4. The van der Waals surface area contributed by atoms with E-state index >= 15 is 0 Å². The molecule has 0 bridgehead atoms. The third-order valence-corrected chi connectivity index (χ3v) is 6.21. The van der Waals surface area contributed by atoms with Gasteiger partial charge in [-0.2, -0.15) is 18.3 Å². The van der Waals surface area contributed by atoms with Gasteiger partial charge in [-0.05, 0) is 60.7 Å². The van der Waals surface area contributed by atoms with Gasteiger partial charge in [0.05, 0.1) is 29.6 Å². The number of rotatable bonds is 6. The fourth-order valence-electron chi connectivity index (χ4n) is 4.44.